The third kappa shape index (κ3) is 4.79. The summed E-state index contributed by atoms with van der Waals surface area (Å²) in [6, 6.07) is 10.1. The van der Waals surface area contributed by atoms with Crippen LogP contribution < -0.4 is 5.32 Å². The molecule has 0 spiro atoms. The molecule has 1 N–H and O–H groups in total. The van der Waals surface area contributed by atoms with E-state index in [4.69, 9.17) is 0 Å². The Morgan fingerprint density at radius 3 is 2.60 bits per heavy atom. The Bertz CT molecular complexity index is 580. The summed E-state index contributed by atoms with van der Waals surface area (Å²) in [6.07, 6.45) is 3.16. The van der Waals surface area contributed by atoms with Crippen molar-refractivity contribution in [1.82, 2.24) is 0 Å². The van der Waals surface area contributed by atoms with Gasteiger partial charge in [0.1, 0.15) is 0 Å². The van der Waals surface area contributed by atoms with Gasteiger partial charge in [-0.1, -0.05) is 17.8 Å². The van der Waals surface area contributed by atoms with Crippen molar-refractivity contribution < 1.29 is 13.6 Å². The first-order valence-electron chi connectivity index (χ1n) is 5.71. The molecule has 2 rings (SSSR count). The van der Waals surface area contributed by atoms with Gasteiger partial charge >= 0.3 is 0 Å². The molecule has 0 saturated carbocycles. The summed E-state index contributed by atoms with van der Waals surface area (Å²) in [4.78, 5) is 13.1. The number of alkyl halides is 2. The molecule has 0 radical (unpaired) electrons. The van der Waals surface area contributed by atoms with E-state index < -0.39 is 5.76 Å². The molecule has 2 aromatic rings. The Morgan fingerprint density at radius 2 is 2.00 bits per heavy atom. The molecule has 1 aromatic carbocycles. The number of anilines is 1. The molecular formula is C14H11F2NOS2. The van der Waals surface area contributed by atoms with Gasteiger partial charge in [-0.25, -0.2) is 0 Å². The number of nitrogens with one attached hydrogen (secondary N) is 1. The van der Waals surface area contributed by atoms with Gasteiger partial charge in [0.2, 0.25) is 5.91 Å². The number of rotatable bonds is 5. The van der Waals surface area contributed by atoms with Crippen LogP contribution in [0.25, 0.3) is 6.08 Å². The van der Waals surface area contributed by atoms with Crippen molar-refractivity contribution in [2.75, 3.05) is 5.32 Å². The van der Waals surface area contributed by atoms with Gasteiger partial charge < -0.3 is 5.32 Å². The molecule has 0 unspecified atom stereocenters. The predicted molar refractivity (Wildman–Crippen MR) is 80.3 cm³/mol. The fourth-order valence-corrected chi connectivity index (χ4v) is 2.56. The van der Waals surface area contributed by atoms with Crippen molar-refractivity contribution in [2.24, 2.45) is 0 Å². The summed E-state index contributed by atoms with van der Waals surface area (Å²) < 4.78 is 24.3. The van der Waals surface area contributed by atoms with E-state index in [1.165, 1.54) is 17.4 Å². The molecule has 0 atom stereocenters. The molecule has 0 aliphatic rings. The smallest absolute Gasteiger partial charge is 0.288 e. The highest BCUT2D eigenvalue weighted by Gasteiger charge is 2.05. The number of hydrogen-bond acceptors (Lipinski definition) is 3. The van der Waals surface area contributed by atoms with Crippen LogP contribution >= 0.6 is 23.1 Å². The van der Waals surface area contributed by atoms with Gasteiger partial charge in [0.15, 0.2) is 0 Å². The van der Waals surface area contributed by atoms with Crippen molar-refractivity contribution in [3.63, 3.8) is 0 Å². The molecule has 20 heavy (non-hydrogen) atoms. The SMILES string of the molecule is O=C(/C=C/c1cccs1)Nc1ccc(SC(F)F)cc1. The Labute approximate surface area is 123 Å². The van der Waals surface area contributed by atoms with Crippen molar-refractivity contribution in [1.29, 1.82) is 0 Å². The number of hydrogen-bond donors (Lipinski definition) is 1. The van der Waals surface area contributed by atoms with E-state index in [1.807, 2.05) is 17.5 Å². The minimum absolute atomic E-state index is 0.257. The van der Waals surface area contributed by atoms with E-state index in [9.17, 15) is 13.6 Å². The zero-order chi connectivity index (χ0) is 14.4. The maximum absolute atomic E-state index is 12.2. The number of carbonyl (C=O) groups is 1. The van der Waals surface area contributed by atoms with Crippen LogP contribution in [0.5, 0.6) is 0 Å². The van der Waals surface area contributed by atoms with E-state index in [0.29, 0.717) is 22.3 Å². The summed E-state index contributed by atoms with van der Waals surface area (Å²) >= 11 is 2.01. The molecule has 0 aliphatic heterocycles. The zero-order valence-electron chi connectivity index (χ0n) is 10.3. The largest absolute Gasteiger partial charge is 0.323 e. The van der Waals surface area contributed by atoms with Gasteiger partial charge in [-0.2, -0.15) is 8.78 Å². The lowest BCUT2D eigenvalue weighted by molar-refractivity contribution is -0.111. The summed E-state index contributed by atoms with van der Waals surface area (Å²) in [5.74, 6) is -2.70. The summed E-state index contributed by atoms with van der Waals surface area (Å²) in [6.45, 7) is 0. The van der Waals surface area contributed by atoms with Crippen LogP contribution in [-0.4, -0.2) is 11.7 Å². The third-order valence-electron chi connectivity index (χ3n) is 2.29. The number of thioether (sulfide) groups is 1. The van der Waals surface area contributed by atoms with Crippen LogP contribution in [0.3, 0.4) is 0 Å². The van der Waals surface area contributed by atoms with Crippen LogP contribution in [-0.2, 0) is 4.79 Å². The van der Waals surface area contributed by atoms with Crippen LogP contribution in [0.2, 0.25) is 0 Å². The van der Waals surface area contributed by atoms with E-state index in [-0.39, 0.29) is 5.91 Å². The van der Waals surface area contributed by atoms with Crippen molar-refractivity contribution in [2.45, 2.75) is 10.7 Å². The monoisotopic (exact) mass is 311 g/mol. The quantitative estimate of drug-likeness (QED) is 0.640. The lowest BCUT2D eigenvalue weighted by Crippen LogP contribution is -2.07. The normalized spacial score (nSPS) is 11.2. The number of benzene rings is 1. The van der Waals surface area contributed by atoms with Crippen molar-refractivity contribution in [3.05, 3.63) is 52.7 Å². The molecule has 6 heteroatoms. The van der Waals surface area contributed by atoms with E-state index >= 15 is 0 Å². The summed E-state index contributed by atoms with van der Waals surface area (Å²) in [5, 5.41) is 4.59. The Balaban J connectivity index is 1.91. The summed E-state index contributed by atoms with van der Waals surface area (Å²) in [7, 11) is 0. The zero-order valence-corrected chi connectivity index (χ0v) is 11.9. The topological polar surface area (TPSA) is 29.1 Å². The average molecular weight is 311 g/mol. The lowest BCUT2D eigenvalue weighted by atomic mass is 10.3. The number of carbonyl (C=O) groups excluding carboxylic acids is 1. The van der Waals surface area contributed by atoms with Gasteiger partial charge in [-0.3, -0.25) is 4.79 Å². The number of halogens is 2. The van der Waals surface area contributed by atoms with Crippen LogP contribution in [0.1, 0.15) is 4.88 Å². The maximum Gasteiger partial charge on any atom is 0.288 e. The molecule has 104 valence electrons. The average Bonchev–Trinajstić information content (AvgIpc) is 2.91. The predicted octanol–water partition coefficient (Wildman–Crippen LogP) is 4.71. The number of thiophene rings is 1. The Kier molecular flexibility index (Phi) is 5.31. The molecule has 1 amide bonds. The van der Waals surface area contributed by atoms with E-state index in [1.54, 1.807) is 30.3 Å². The second-order valence-electron chi connectivity index (χ2n) is 3.74. The van der Waals surface area contributed by atoms with Crippen molar-refractivity contribution >= 4 is 40.8 Å². The fourth-order valence-electron chi connectivity index (χ4n) is 1.45. The molecule has 1 aromatic heterocycles. The molecule has 0 aliphatic carbocycles. The van der Waals surface area contributed by atoms with Gasteiger partial charge in [0.05, 0.1) is 0 Å². The van der Waals surface area contributed by atoms with E-state index in [0.717, 1.165) is 4.88 Å². The van der Waals surface area contributed by atoms with Crippen LogP contribution in [0, 0.1) is 0 Å². The second kappa shape index (κ2) is 7.21. The van der Waals surface area contributed by atoms with Gasteiger partial charge in [0.25, 0.3) is 5.76 Å². The molecule has 0 fully saturated rings. The summed E-state index contributed by atoms with van der Waals surface area (Å²) in [5.41, 5.74) is 0.574. The molecule has 0 saturated heterocycles. The standard InChI is InChI=1S/C14H11F2NOS2/c15-14(16)20-12-5-3-10(4-6-12)17-13(18)8-7-11-2-1-9-19-11/h1-9,14H,(H,17,18)/b8-7+. The minimum atomic E-state index is -2.44. The highest BCUT2D eigenvalue weighted by atomic mass is 32.2. The van der Waals surface area contributed by atoms with Gasteiger partial charge in [-0.05, 0) is 41.8 Å². The first kappa shape index (κ1) is 14.7. The highest BCUT2D eigenvalue weighted by Crippen LogP contribution is 2.26. The maximum atomic E-state index is 12.2. The van der Waals surface area contributed by atoms with Gasteiger partial charge in [-0.15, -0.1) is 11.3 Å². The first-order chi connectivity index (χ1) is 9.63. The molecule has 0 bridgehead atoms. The molecule has 2 nitrogen and oxygen atoms in total. The fraction of sp³-hybridized carbons (Fsp3) is 0.0714. The van der Waals surface area contributed by atoms with Crippen molar-refractivity contribution in [3.8, 4) is 0 Å². The Hall–Kier alpha value is -1.66. The van der Waals surface area contributed by atoms with Gasteiger partial charge in [0, 0.05) is 21.5 Å². The Morgan fingerprint density at radius 1 is 1.25 bits per heavy atom. The van der Waals surface area contributed by atoms with E-state index in [2.05, 4.69) is 5.32 Å². The molecular weight excluding hydrogens is 300 g/mol. The third-order valence-corrected chi connectivity index (χ3v) is 3.85. The lowest BCUT2D eigenvalue weighted by Gasteiger charge is -2.04. The minimum Gasteiger partial charge on any atom is -0.323 e. The van der Waals surface area contributed by atoms with Crippen LogP contribution in [0.15, 0.2) is 52.7 Å². The molecule has 1 heterocycles. The van der Waals surface area contributed by atoms with Crippen LogP contribution in [0.4, 0.5) is 14.5 Å². The first-order valence-corrected chi connectivity index (χ1v) is 7.47. The highest BCUT2D eigenvalue weighted by molar-refractivity contribution is 7.99. The number of amides is 1. The second-order valence-corrected chi connectivity index (χ2v) is 5.78.